The fraction of sp³-hybridized carbons (Fsp3) is 0.188. The van der Waals surface area contributed by atoms with Gasteiger partial charge in [0, 0.05) is 12.6 Å². The summed E-state index contributed by atoms with van der Waals surface area (Å²) in [6.45, 7) is 0.330. The van der Waals surface area contributed by atoms with Gasteiger partial charge in [-0.25, -0.2) is 8.42 Å². The molecule has 4 rings (SSSR count). The lowest BCUT2D eigenvalue weighted by Gasteiger charge is -2.18. The molecule has 0 bridgehead atoms. The molecule has 5 nitrogen and oxygen atoms in total. The number of rotatable bonds is 3. The molecule has 0 amide bonds. The van der Waals surface area contributed by atoms with Crippen LogP contribution in [0.5, 0.6) is 0 Å². The Hall–Kier alpha value is -2.33. The largest absolute Gasteiger partial charge is 0.452 e. The maximum absolute atomic E-state index is 12.9. The maximum atomic E-state index is 12.9. The first-order chi connectivity index (χ1) is 12.3. The van der Waals surface area contributed by atoms with Crippen molar-refractivity contribution < 1.29 is 26.1 Å². The molecule has 0 fully saturated rings. The number of para-hydroxylation sites is 1. The van der Waals surface area contributed by atoms with Crippen molar-refractivity contribution in [3.05, 3.63) is 53.8 Å². The summed E-state index contributed by atoms with van der Waals surface area (Å²) >= 11 is 0.859. The van der Waals surface area contributed by atoms with Gasteiger partial charge in [-0.1, -0.05) is 23.4 Å². The van der Waals surface area contributed by atoms with Crippen LogP contribution in [0.25, 0.3) is 10.6 Å². The summed E-state index contributed by atoms with van der Waals surface area (Å²) in [6.07, 6.45) is -4.03. The van der Waals surface area contributed by atoms with Gasteiger partial charge in [-0.15, -0.1) is 11.3 Å². The monoisotopic (exact) mass is 400 g/mol. The minimum absolute atomic E-state index is 0.0424. The van der Waals surface area contributed by atoms with Crippen LogP contribution < -0.4 is 4.31 Å². The number of alkyl halides is 3. The third-order valence-corrected chi connectivity index (χ3v) is 7.40. The van der Waals surface area contributed by atoms with Crippen LogP contribution in [0.1, 0.15) is 11.3 Å². The highest BCUT2D eigenvalue weighted by molar-refractivity contribution is 7.94. The molecule has 0 saturated heterocycles. The molecule has 136 valence electrons. The van der Waals surface area contributed by atoms with Gasteiger partial charge in [-0.2, -0.15) is 13.2 Å². The molecule has 3 aromatic rings. The van der Waals surface area contributed by atoms with Gasteiger partial charge in [0.05, 0.1) is 10.6 Å². The molecule has 2 aromatic heterocycles. The third-order valence-electron chi connectivity index (χ3n) is 4.01. The van der Waals surface area contributed by atoms with Crippen LogP contribution >= 0.6 is 11.3 Å². The van der Waals surface area contributed by atoms with Crippen molar-refractivity contribution in [2.24, 2.45) is 0 Å². The fourth-order valence-corrected chi connectivity index (χ4v) is 5.66. The van der Waals surface area contributed by atoms with Gasteiger partial charge in [-0.3, -0.25) is 4.31 Å². The topological polar surface area (TPSA) is 63.4 Å². The van der Waals surface area contributed by atoms with Gasteiger partial charge >= 0.3 is 6.18 Å². The zero-order valence-corrected chi connectivity index (χ0v) is 14.7. The van der Waals surface area contributed by atoms with Crippen molar-refractivity contribution in [2.75, 3.05) is 10.8 Å². The number of sulfonamides is 1. The first-order valence-corrected chi connectivity index (χ1v) is 9.77. The molecule has 1 aliphatic heterocycles. The van der Waals surface area contributed by atoms with Gasteiger partial charge in [0.25, 0.3) is 10.0 Å². The molecule has 1 aliphatic rings. The van der Waals surface area contributed by atoms with Crippen LogP contribution in [0, 0.1) is 0 Å². The number of halogens is 3. The second kappa shape index (κ2) is 5.85. The van der Waals surface area contributed by atoms with E-state index >= 15 is 0 Å². The molecular weight excluding hydrogens is 389 g/mol. The molecule has 1 aromatic carbocycles. The zero-order valence-electron chi connectivity index (χ0n) is 13.0. The van der Waals surface area contributed by atoms with E-state index < -0.39 is 22.0 Å². The summed E-state index contributed by atoms with van der Waals surface area (Å²) in [6, 6.07) is 10.8. The molecule has 0 unspecified atom stereocenters. The molecule has 0 saturated carbocycles. The fourth-order valence-electron chi connectivity index (χ4n) is 2.79. The Labute approximate surface area is 150 Å². The second-order valence-electron chi connectivity index (χ2n) is 5.65. The van der Waals surface area contributed by atoms with Crippen LogP contribution in [0.4, 0.5) is 18.9 Å². The van der Waals surface area contributed by atoms with E-state index in [1.165, 1.54) is 16.4 Å². The van der Waals surface area contributed by atoms with Crippen molar-refractivity contribution in [2.45, 2.75) is 16.8 Å². The minimum atomic E-state index is -4.64. The van der Waals surface area contributed by atoms with E-state index in [9.17, 15) is 21.6 Å². The zero-order chi connectivity index (χ0) is 18.5. The SMILES string of the molecule is O=S(=O)(c1ccc(-c2cc(C(F)(F)F)on2)s1)N1CCc2ccccc21. The Bertz CT molecular complexity index is 1070. The molecule has 0 N–H and O–H groups in total. The highest BCUT2D eigenvalue weighted by atomic mass is 32.2. The number of benzene rings is 1. The lowest BCUT2D eigenvalue weighted by Crippen LogP contribution is -2.28. The van der Waals surface area contributed by atoms with E-state index in [2.05, 4.69) is 9.68 Å². The number of hydrogen-bond acceptors (Lipinski definition) is 5. The van der Waals surface area contributed by atoms with E-state index in [0.29, 0.717) is 18.7 Å². The Kier molecular flexibility index (Phi) is 3.85. The van der Waals surface area contributed by atoms with E-state index in [4.69, 9.17) is 0 Å². The smallest absolute Gasteiger partial charge is 0.351 e. The molecule has 0 atom stereocenters. The van der Waals surface area contributed by atoms with E-state index in [1.54, 1.807) is 12.1 Å². The molecule has 26 heavy (non-hydrogen) atoms. The highest BCUT2D eigenvalue weighted by Gasteiger charge is 2.37. The van der Waals surface area contributed by atoms with Crippen LogP contribution in [-0.2, 0) is 22.6 Å². The average molecular weight is 400 g/mol. The summed E-state index contributed by atoms with van der Waals surface area (Å²) in [4.78, 5) is 0.287. The van der Waals surface area contributed by atoms with E-state index in [-0.39, 0.29) is 14.8 Å². The van der Waals surface area contributed by atoms with Gasteiger partial charge in [0.1, 0.15) is 9.90 Å². The molecule has 3 heterocycles. The van der Waals surface area contributed by atoms with Crippen molar-refractivity contribution >= 4 is 27.0 Å². The van der Waals surface area contributed by atoms with Crippen molar-refractivity contribution in [3.63, 3.8) is 0 Å². The standard InChI is InChI=1S/C16H11F3N2O3S2/c17-16(18,19)14-9-11(20-24-14)13-5-6-15(25-13)26(22,23)21-8-7-10-3-1-2-4-12(10)21/h1-6,9H,7-8H2. The van der Waals surface area contributed by atoms with Gasteiger partial charge < -0.3 is 4.52 Å². The Balaban J connectivity index is 1.67. The van der Waals surface area contributed by atoms with E-state index in [0.717, 1.165) is 23.0 Å². The van der Waals surface area contributed by atoms with Crippen LogP contribution in [0.2, 0.25) is 0 Å². The quantitative estimate of drug-likeness (QED) is 0.662. The number of hydrogen-bond donors (Lipinski definition) is 0. The number of nitrogens with zero attached hydrogens (tertiary/aromatic N) is 2. The lowest BCUT2D eigenvalue weighted by molar-refractivity contribution is -0.155. The highest BCUT2D eigenvalue weighted by Crippen LogP contribution is 2.38. The number of aromatic nitrogens is 1. The summed E-state index contributed by atoms with van der Waals surface area (Å²) in [5.41, 5.74) is 1.52. The number of anilines is 1. The number of thiophene rings is 1. The van der Waals surface area contributed by atoms with Crippen molar-refractivity contribution in [3.8, 4) is 10.6 Å². The third kappa shape index (κ3) is 2.78. The molecule has 10 heteroatoms. The molecular formula is C16H11F3N2O3S2. The number of fused-ring (bicyclic) bond motifs is 1. The predicted octanol–water partition coefficient (Wildman–Crippen LogP) is 4.17. The van der Waals surface area contributed by atoms with Crippen LogP contribution in [0.15, 0.2) is 51.2 Å². The Morgan fingerprint density at radius 3 is 2.65 bits per heavy atom. The van der Waals surface area contributed by atoms with Crippen molar-refractivity contribution in [1.29, 1.82) is 0 Å². The first-order valence-electron chi connectivity index (χ1n) is 7.51. The summed E-state index contributed by atoms with van der Waals surface area (Å²) < 4.78 is 69.4. The Morgan fingerprint density at radius 2 is 1.92 bits per heavy atom. The second-order valence-corrected chi connectivity index (χ2v) is 8.82. The van der Waals surface area contributed by atoms with Crippen LogP contribution in [0.3, 0.4) is 0 Å². The molecule has 0 radical (unpaired) electrons. The van der Waals surface area contributed by atoms with Crippen molar-refractivity contribution in [1.82, 2.24) is 5.16 Å². The Morgan fingerprint density at radius 1 is 1.15 bits per heavy atom. The normalized spacial score (nSPS) is 14.7. The van der Waals surface area contributed by atoms with Crippen LogP contribution in [-0.4, -0.2) is 20.1 Å². The molecule has 0 spiro atoms. The van der Waals surface area contributed by atoms with Gasteiger partial charge in [-0.05, 0) is 30.2 Å². The predicted molar refractivity (Wildman–Crippen MR) is 89.5 cm³/mol. The lowest BCUT2D eigenvalue weighted by atomic mass is 10.2. The summed E-state index contributed by atoms with van der Waals surface area (Å²) in [5.74, 6) is -1.22. The van der Waals surface area contributed by atoms with E-state index in [1.807, 2.05) is 12.1 Å². The first kappa shape index (κ1) is 17.1. The minimum Gasteiger partial charge on any atom is -0.351 e. The summed E-state index contributed by atoms with van der Waals surface area (Å²) in [7, 11) is -3.79. The van der Waals surface area contributed by atoms with Gasteiger partial charge in [0.15, 0.2) is 0 Å². The average Bonchev–Trinajstić information content (AvgIpc) is 3.31. The maximum Gasteiger partial charge on any atom is 0.452 e. The van der Waals surface area contributed by atoms with Gasteiger partial charge in [0.2, 0.25) is 5.76 Å². The summed E-state index contributed by atoms with van der Waals surface area (Å²) in [5, 5.41) is 3.39. The molecule has 0 aliphatic carbocycles.